The van der Waals surface area contributed by atoms with E-state index in [0.717, 1.165) is 11.4 Å². The summed E-state index contributed by atoms with van der Waals surface area (Å²) in [4.78, 5) is 13.5. The van der Waals surface area contributed by atoms with Crippen LogP contribution in [0.4, 0.5) is 5.69 Å². The highest BCUT2D eigenvalue weighted by Crippen LogP contribution is 2.25. The fraction of sp³-hybridized carbons (Fsp3) is 0.500. The van der Waals surface area contributed by atoms with Crippen molar-refractivity contribution in [3.8, 4) is 5.75 Å². The molecule has 0 aliphatic carbocycles. The summed E-state index contributed by atoms with van der Waals surface area (Å²) in [6.45, 7) is 5.48. The van der Waals surface area contributed by atoms with Gasteiger partial charge in [0.1, 0.15) is 5.75 Å². The highest BCUT2D eigenvalue weighted by Gasteiger charge is 2.28. The molecule has 1 atom stereocenters. The average molecular weight is 248 g/mol. The highest BCUT2D eigenvalue weighted by atomic mass is 16.5. The first kappa shape index (κ1) is 12.9. The van der Waals surface area contributed by atoms with Gasteiger partial charge in [0.25, 0.3) is 0 Å². The third kappa shape index (κ3) is 3.01. The molecule has 1 fully saturated rings. The second-order valence-electron chi connectivity index (χ2n) is 5.17. The quantitative estimate of drug-likeness (QED) is 0.883. The number of benzene rings is 1. The maximum Gasteiger partial charge on any atom is 0.228 e. The van der Waals surface area contributed by atoms with Crippen LogP contribution in [0.25, 0.3) is 0 Å². The molecule has 0 spiro atoms. The van der Waals surface area contributed by atoms with Crippen LogP contribution < -0.4 is 15.4 Å². The van der Waals surface area contributed by atoms with Crippen molar-refractivity contribution in [2.24, 2.45) is 11.7 Å². The first-order valence-electron chi connectivity index (χ1n) is 6.35. The van der Waals surface area contributed by atoms with E-state index in [0.29, 0.717) is 25.5 Å². The predicted octanol–water partition coefficient (Wildman–Crippen LogP) is 1.79. The van der Waals surface area contributed by atoms with Crippen LogP contribution in [-0.2, 0) is 4.79 Å². The van der Waals surface area contributed by atoms with Gasteiger partial charge in [0.05, 0.1) is 6.61 Å². The number of rotatable bonds is 4. The summed E-state index contributed by atoms with van der Waals surface area (Å²) in [6.07, 6.45) is 0.428. The lowest BCUT2D eigenvalue weighted by atomic mass is 10.2. The molecule has 0 bridgehead atoms. The molecule has 2 N–H and O–H groups in total. The number of hydrogen-bond donors (Lipinski definition) is 1. The van der Waals surface area contributed by atoms with Gasteiger partial charge in [-0.15, -0.1) is 0 Å². The lowest BCUT2D eigenvalue weighted by molar-refractivity contribution is -0.117. The zero-order valence-electron chi connectivity index (χ0n) is 10.9. The molecule has 1 amide bonds. The zero-order valence-corrected chi connectivity index (χ0v) is 10.9. The second-order valence-corrected chi connectivity index (χ2v) is 5.17. The van der Waals surface area contributed by atoms with Crippen LogP contribution in [0.5, 0.6) is 5.75 Å². The second kappa shape index (κ2) is 5.40. The van der Waals surface area contributed by atoms with Crippen molar-refractivity contribution in [1.29, 1.82) is 0 Å². The van der Waals surface area contributed by atoms with Gasteiger partial charge in [0.15, 0.2) is 0 Å². The number of anilines is 1. The molecule has 1 aliphatic rings. The number of carbonyl (C=O) groups excluding carboxylic acids is 1. The van der Waals surface area contributed by atoms with Crippen molar-refractivity contribution in [2.45, 2.75) is 26.3 Å². The monoisotopic (exact) mass is 248 g/mol. The van der Waals surface area contributed by atoms with Crippen LogP contribution in [0.3, 0.4) is 0 Å². The number of carbonyl (C=O) groups is 1. The lowest BCUT2D eigenvalue weighted by Crippen LogP contribution is -2.27. The zero-order chi connectivity index (χ0) is 13.1. The first-order valence-corrected chi connectivity index (χ1v) is 6.35. The smallest absolute Gasteiger partial charge is 0.228 e. The van der Waals surface area contributed by atoms with Crippen molar-refractivity contribution in [2.75, 3.05) is 18.1 Å². The number of ether oxygens (including phenoxy) is 1. The number of nitrogens with zero attached hydrogens (tertiary/aromatic N) is 1. The Bertz CT molecular complexity index is 432. The Kier molecular flexibility index (Phi) is 3.87. The molecule has 98 valence electrons. The maximum atomic E-state index is 11.8. The topological polar surface area (TPSA) is 55.6 Å². The van der Waals surface area contributed by atoms with Gasteiger partial charge in [-0.1, -0.05) is 19.9 Å². The molecular weight excluding hydrogens is 228 g/mol. The standard InChI is InChI=1S/C14H20N2O2/c1-10(2)9-18-13-5-3-4-12(7-13)16-8-11(15)6-14(16)17/h3-5,7,10-11H,6,8-9,15H2,1-2H3. The number of hydrogen-bond acceptors (Lipinski definition) is 3. The lowest BCUT2D eigenvalue weighted by Gasteiger charge is -2.17. The van der Waals surface area contributed by atoms with E-state index < -0.39 is 0 Å². The van der Waals surface area contributed by atoms with Gasteiger partial charge in [-0.05, 0) is 18.1 Å². The molecule has 18 heavy (non-hydrogen) atoms. The average Bonchev–Trinajstić information content (AvgIpc) is 2.66. The van der Waals surface area contributed by atoms with E-state index in [1.807, 2.05) is 24.3 Å². The van der Waals surface area contributed by atoms with E-state index in [-0.39, 0.29) is 11.9 Å². The summed E-state index contributed by atoms with van der Waals surface area (Å²) in [7, 11) is 0. The third-order valence-corrected chi connectivity index (χ3v) is 2.87. The fourth-order valence-electron chi connectivity index (χ4n) is 1.99. The van der Waals surface area contributed by atoms with Crippen molar-refractivity contribution >= 4 is 11.6 Å². The minimum absolute atomic E-state index is 0.0576. The largest absolute Gasteiger partial charge is 0.493 e. The van der Waals surface area contributed by atoms with Gasteiger partial charge in [-0.25, -0.2) is 0 Å². The predicted molar refractivity (Wildman–Crippen MR) is 71.7 cm³/mol. The maximum absolute atomic E-state index is 11.8. The highest BCUT2D eigenvalue weighted by molar-refractivity contribution is 5.96. The SMILES string of the molecule is CC(C)COc1cccc(N2CC(N)CC2=O)c1. The number of amides is 1. The van der Waals surface area contributed by atoms with Gasteiger partial charge >= 0.3 is 0 Å². The van der Waals surface area contributed by atoms with Crippen molar-refractivity contribution in [3.63, 3.8) is 0 Å². The molecule has 1 unspecified atom stereocenters. The third-order valence-electron chi connectivity index (χ3n) is 2.87. The Hall–Kier alpha value is -1.55. The molecule has 0 aromatic heterocycles. The van der Waals surface area contributed by atoms with Crippen LogP contribution in [0, 0.1) is 5.92 Å². The molecule has 1 aliphatic heterocycles. The normalized spacial score (nSPS) is 19.7. The fourth-order valence-corrected chi connectivity index (χ4v) is 1.99. The minimum atomic E-state index is -0.0576. The summed E-state index contributed by atoms with van der Waals surface area (Å²) >= 11 is 0. The molecule has 0 radical (unpaired) electrons. The van der Waals surface area contributed by atoms with Gasteiger partial charge < -0.3 is 15.4 Å². The summed E-state index contributed by atoms with van der Waals surface area (Å²) in [6, 6.07) is 7.57. The van der Waals surface area contributed by atoms with Crippen molar-refractivity contribution < 1.29 is 9.53 Å². The summed E-state index contributed by atoms with van der Waals surface area (Å²) < 4.78 is 5.66. The van der Waals surface area contributed by atoms with Crippen molar-refractivity contribution in [3.05, 3.63) is 24.3 Å². The van der Waals surface area contributed by atoms with E-state index in [1.54, 1.807) is 4.90 Å². The summed E-state index contributed by atoms with van der Waals surface area (Å²) in [5.41, 5.74) is 6.67. The molecule has 4 heteroatoms. The van der Waals surface area contributed by atoms with Gasteiger partial charge in [-0.2, -0.15) is 0 Å². The Labute approximate surface area is 108 Å². The van der Waals surface area contributed by atoms with Crippen LogP contribution >= 0.6 is 0 Å². The summed E-state index contributed by atoms with van der Waals surface area (Å²) in [5, 5.41) is 0. The van der Waals surface area contributed by atoms with Crippen LogP contribution in [-0.4, -0.2) is 25.1 Å². The van der Waals surface area contributed by atoms with Gasteiger partial charge in [0.2, 0.25) is 5.91 Å². The van der Waals surface area contributed by atoms with Gasteiger partial charge in [-0.3, -0.25) is 4.79 Å². The molecule has 1 heterocycles. The molecule has 0 saturated carbocycles. The Morgan fingerprint density at radius 1 is 1.50 bits per heavy atom. The molecule has 1 aromatic carbocycles. The first-order chi connectivity index (χ1) is 8.56. The van der Waals surface area contributed by atoms with E-state index in [1.165, 1.54) is 0 Å². The van der Waals surface area contributed by atoms with E-state index >= 15 is 0 Å². The molecule has 1 saturated heterocycles. The van der Waals surface area contributed by atoms with E-state index in [9.17, 15) is 4.79 Å². The van der Waals surface area contributed by atoms with E-state index in [2.05, 4.69) is 13.8 Å². The van der Waals surface area contributed by atoms with Crippen LogP contribution in [0.15, 0.2) is 24.3 Å². The Morgan fingerprint density at radius 2 is 2.28 bits per heavy atom. The minimum Gasteiger partial charge on any atom is -0.493 e. The molecule has 1 aromatic rings. The van der Waals surface area contributed by atoms with Crippen LogP contribution in [0.2, 0.25) is 0 Å². The number of nitrogens with two attached hydrogens (primary N) is 1. The van der Waals surface area contributed by atoms with Crippen LogP contribution in [0.1, 0.15) is 20.3 Å². The van der Waals surface area contributed by atoms with Crippen molar-refractivity contribution in [1.82, 2.24) is 0 Å². The van der Waals surface area contributed by atoms with Gasteiger partial charge in [0, 0.05) is 30.8 Å². The molecule has 2 rings (SSSR count). The molecule has 4 nitrogen and oxygen atoms in total. The Morgan fingerprint density at radius 3 is 2.89 bits per heavy atom. The van der Waals surface area contributed by atoms with E-state index in [4.69, 9.17) is 10.5 Å². The summed E-state index contributed by atoms with van der Waals surface area (Å²) in [5.74, 6) is 1.37. The molecular formula is C14H20N2O2. The Balaban J connectivity index is 2.09.